The molecule has 1 aromatic rings. The summed E-state index contributed by atoms with van der Waals surface area (Å²) >= 11 is 5.21. The molecule has 1 saturated heterocycles. The standard InChI is InChI=1S/C12H13BrOS/c1-8-4-5-9(13)7-10(8)12(14)11-3-2-6-15-11/h4-5,7,11H,2-3,6H2,1H3. The molecule has 1 fully saturated rings. The molecule has 0 spiro atoms. The summed E-state index contributed by atoms with van der Waals surface area (Å²) in [6.07, 6.45) is 2.21. The number of hydrogen-bond acceptors (Lipinski definition) is 2. The molecule has 3 heteroatoms. The Labute approximate surface area is 103 Å². The van der Waals surface area contributed by atoms with Gasteiger partial charge in [-0.1, -0.05) is 22.0 Å². The Morgan fingerprint density at radius 2 is 2.33 bits per heavy atom. The first-order valence-electron chi connectivity index (χ1n) is 5.10. The lowest BCUT2D eigenvalue weighted by Gasteiger charge is -2.10. The number of Topliss-reactive ketones (excluding diaryl/α,β-unsaturated/α-hetero) is 1. The van der Waals surface area contributed by atoms with Gasteiger partial charge in [0.1, 0.15) is 0 Å². The van der Waals surface area contributed by atoms with Crippen LogP contribution in [0.2, 0.25) is 0 Å². The highest BCUT2D eigenvalue weighted by atomic mass is 79.9. The largest absolute Gasteiger partial charge is 0.293 e. The zero-order valence-corrected chi connectivity index (χ0v) is 11.0. The van der Waals surface area contributed by atoms with Crippen molar-refractivity contribution in [2.45, 2.75) is 25.0 Å². The van der Waals surface area contributed by atoms with Crippen LogP contribution in [0.3, 0.4) is 0 Å². The van der Waals surface area contributed by atoms with E-state index < -0.39 is 0 Å². The topological polar surface area (TPSA) is 17.1 Å². The number of ketones is 1. The molecule has 0 amide bonds. The molecule has 80 valence electrons. The third-order valence-electron chi connectivity index (χ3n) is 2.69. The Morgan fingerprint density at radius 3 is 3.00 bits per heavy atom. The van der Waals surface area contributed by atoms with Crippen molar-refractivity contribution in [3.05, 3.63) is 33.8 Å². The first-order valence-corrected chi connectivity index (χ1v) is 6.94. The lowest BCUT2D eigenvalue weighted by atomic mass is 10.0. The fourth-order valence-corrected chi connectivity index (χ4v) is 3.41. The van der Waals surface area contributed by atoms with Crippen molar-refractivity contribution in [1.82, 2.24) is 0 Å². The quantitative estimate of drug-likeness (QED) is 0.768. The van der Waals surface area contributed by atoms with Crippen LogP contribution < -0.4 is 0 Å². The number of halogens is 1. The van der Waals surface area contributed by atoms with Crippen molar-refractivity contribution >= 4 is 33.5 Å². The average Bonchev–Trinajstić information content (AvgIpc) is 2.74. The maximum absolute atomic E-state index is 12.2. The van der Waals surface area contributed by atoms with E-state index in [1.165, 1.54) is 6.42 Å². The molecule has 1 aliphatic heterocycles. The van der Waals surface area contributed by atoms with Gasteiger partial charge in [0.05, 0.1) is 5.25 Å². The molecule has 0 aromatic heterocycles. The van der Waals surface area contributed by atoms with Crippen molar-refractivity contribution in [3.8, 4) is 0 Å². The third kappa shape index (κ3) is 2.45. The van der Waals surface area contributed by atoms with Gasteiger partial charge in [0.25, 0.3) is 0 Å². The van der Waals surface area contributed by atoms with E-state index in [0.29, 0.717) is 5.78 Å². The Kier molecular flexibility index (Phi) is 3.52. The zero-order chi connectivity index (χ0) is 10.8. The van der Waals surface area contributed by atoms with Gasteiger partial charge in [-0.15, -0.1) is 0 Å². The fourth-order valence-electron chi connectivity index (χ4n) is 1.82. The summed E-state index contributed by atoms with van der Waals surface area (Å²) in [6.45, 7) is 2.00. The summed E-state index contributed by atoms with van der Waals surface area (Å²) in [5, 5.41) is 0.193. The molecule has 2 rings (SSSR count). The molecule has 1 aliphatic rings. The first-order chi connectivity index (χ1) is 7.18. The molecular formula is C12H13BrOS. The minimum atomic E-state index is 0.193. The number of aryl methyl sites for hydroxylation is 1. The molecule has 0 bridgehead atoms. The van der Waals surface area contributed by atoms with Crippen LogP contribution in [-0.2, 0) is 0 Å². The van der Waals surface area contributed by atoms with Crippen molar-refractivity contribution in [1.29, 1.82) is 0 Å². The van der Waals surface area contributed by atoms with E-state index in [4.69, 9.17) is 0 Å². The van der Waals surface area contributed by atoms with Gasteiger partial charge in [-0.25, -0.2) is 0 Å². The predicted molar refractivity (Wildman–Crippen MR) is 68.7 cm³/mol. The highest BCUT2D eigenvalue weighted by Gasteiger charge is 2.25. The monoisotopic (exact) mass is 284 g/mol. The summed E-state index contributed by atoms with van der Waals surface area (Å²) in [5.74, 6) is 1.43. The van der Waals surface area contributed by atoms with E-state index >= 15 is 0 Å². The van der Waals surface area contributed by atoms with Gasteiger partial charge in [0.2, 0.25) is 0 Å². The molecule has 0 aliphatic carbocycles. The van der Waals surface area contributed by atoms with Crippen LogP contribution in [0, 0.1) is 6.92 Å². The van der Waals surface area contributed by atoms with Crippen molar-refractivity contribution in [2.24, 2.45) is 0 Å². The normalized spacial score (nSPS) is 20.5. The molecule has 1 nitrogen and oxygen atoms in total. The van der Waals surface area contributed by atoms with E-state index in [1.807, 2.05) is 25.1 Å². The zero-order valence-electron chi connectivity index (χ0n) is 8.63. The van der Waals surface area contributed by atoms with Gasteiger partial charge in [0.15, 0.2) is 5.78 Å². The Bertz CT molecular complexity index is 383. The average molecular weight is 285 g/mol. The summed E-state index contributed by atoms with van der Waals surface area (Å²) in [5.41, 5.74) is 1.96. The molecular weight excluding hydrogens is 272 g/mol. The van der Waals surface area contributed by atoms with E-state index in [1.54, 1.807) is 11.8 Å². The summed E-state index contributed by atoms with van der Waals surface area (Å²) in [6, 6.07) is 5.92. The maximum atomic E-state index is 12.2. The Morgan fingerprint density at radius 1 is 1.53 bits per heavy atom. The van der Waals surface area contributed by atoms with E-state index in [2.05, 4.69) is 15.9 Å². The molecule has 1 unspecified atom stereocenters. The molecule has 1 heterocycles. The highest BCUT2D eigenvalue weighted by molar-refractivity contribution is 9.10. The molecule has 1 aromatic carbocycles. The van der Waals surface area contributed by atoms with Crippen LogP contribution in [0.15, 0.2) is 22.7 Å². The SMILES string of the molecule is Cc1ccc(Br)cc1C(=O)C1CCCS1. The second kappa shape index (κ2) is 4.71. The van der Waals surface area contributed by atoms with E-state index in [9.17, 15) is 4.79 Å². The van der Waals surface area contributed by atoms with Crippen molar-refractivity contribution in [3.63, 3.8) is 0 Å². The minimum Gasteiger partial charge on any atom is -0.293 e. The number of benzene rings is 1. The Hall–Kier alpha value is -0.280. The Balaban J connectivity index is 2.27. The fraction of sp³-hybridized carbons (Fsp3) is 0.417. The van der Waals surface area contributed by atoms with Gasteiger partial charge in [0, 0.05) is 10.0 Å². The van der Waals surface area contributed by atoms with Crippen LogP contribution in [0.5, 0.6) is 0 Å². The molecule has 15 heavy (non-hydrogen) atoms. The summed E-state index contributed by atoms with van der Waals surface area (Å²) in [4.78, 5) is 12.2. The van der Waals surface area contributed by atoms with Crippen LogP contribution in [0.25, 0.3) is 0 Å². The van der Waals surface area contributed by atoms with Crippen LogP contribution >= 0.6 is 27.7 Å². The van der Waals surface area contributed by atoms with Gasteiger partial charge in [-0.2, -0.15) is 11.8 Å². The van der Waals surface area contributed by atoms with Gasteiger partial charge < -0.3 is 0 Å². The number of carbonyl (C=O) groups is 1. The van der Waals surface area contributed by atoms with Crippen LogP contribution in [0.1, 0.15) is 28.8 Å². The predicted octanol–water partition coefficient (Wildman–Crippen LogP) is 3.84. The molecule has 0 saturated carbocycles. The minimum absolute atomic E-state index is 0.193. The van der Waals surface area contributed by atoms with Crippen molar-refractivity contribution in [2.75, 3.05) is 5.75 Å². The lowest BCUT2D eigenvalue weighted by molar-refractivity contribution is 0.0988. The third-order valence-corrected chi connectivity index (χ3v) is 4.56. The second-order valence-corrected chi connectivity index (χ2v) is 6.05. The van der Waals surface area contributed by atoms with Gasteiger partial charge in [-0.05, 0) is 43.2 Å². The number of hydrogen-bond donors (Lipinski definition) is 0. The number of rotatable bonds is 2. The number of carbonyl (C=O) groups excluding carboxylic acids is 1. The van der Waals surface area contributed by atoms with Gasteiger partial charge in [-0.3, -0.25) is 4.79 Å². The van der Waals surface area contributed by atoms with Crippen LogP contribution in [0.4, 0.5) is 0 Å². The molecule has 0 radical (unpaired) electrons. The van der Waals surface area contributed by atoms with Crippen LogP contribution in [-0.4, -0.2) is 16.8 Å². The van der Waals surface area contributed by atoms with Crippen molar-refractivity contribution < 1.29 is 4.79 Å². The second-order valence-electron chi connectivity index (χ2n) is 3.83. The summed E-state index contributed by atoms with van der Waals surface area (Å²) in [7, 11) is 0. The molecule has 0 N–H and O–H groups in total. The molecule has 1 atom stereocenters. The number of thioether (sulfide) groups is 1. The van der Waals surface area contributed by atoms with E-state index in [-0.39, 0.29) is 5.25 Å². The first kappa shape index (κ1) is 11.2. The lowest BCUT2D eigenvalue weighted by Crippen LogP contribution is -2.15. The highest BCUT2D eigenvalue weighted by Crippen LogP contribution is 2.30. The smallest absolute Gasteiger partial charge is 0.176 e. The van der Waals surface area contributed by atoms with E-state index in [0.717, 1.165) is 27.8 Å². The van der Waals surface area contributed by atoms with Gasteiger partial charge >= 0.3 is 0 Å². The summed E-state index contributed by atoms with van der Waals surface area (Å²) < 4.78 is 0.986. The maximum Gasteiger partial charge on any atom is 0.176 e.